The van der Waals surface area contributed by atoms with Crippen molar-refractivity contribution in [3.8, 4) is 0 Å². The summed E-state index contributed by atoms with van der Waals surface area (Å²) >= 11 is 1.26. The first-order valence-corrected chi connectivity index (χ1v) is 11.1. The van der Waals surface area contributed by atoms with Crippen LogP contribution in [0.15, 0.2) is 64.8 Å². The van der Waals surface area contributed by atoms with Gasteiger partial charge in [-0.05, 0) is 35.9 Å². The smallest absolute Gasteiger partial charge is 0.269 e. The molecule has 0 saturated carbocycles. The molecule has 10 nitrogen and oxygen atoms in total. The number of carbonyl (C=O) groups is 1. The van der Waals surface area contributed by atoms with Crippen molar-refractivity contribution >= 4 is 46.9 Å². The second-order valence-electron chi connectivity index (χ2n) is 7.46. The Hall–Kier alpha value is -3.99. The zero-order valence-corrected chi connectivity index (χ0v) is 18.2. The standard InChI is InChI=1S/C22H19N7O3S/c30-20-18(13-15-4-6-16(7-5-15)29(31)32)33-21-17(25-20)14-24-22(26-21)28-11-9-27(10-12-28)19-3-1-2-8-23-19/h1-8,13-14H,9-12H2,(H,25,30). The minimum absolute atomic E-state index is 0.00349. The van der Waals surface area contributed by atoms with Gasteiger partial charge in [-0.1, -0.05) is 17.8 Å². The minimum atomic E-state index is -0.454. The third-order valence-corrected chi connectivity index (χ3v) is 6.38. The van der Waals surface area contributed by atoms with Crippen LogP contribution < -0.4 is 15.1 Å². The van der Waals surface area contributed by atoms with E-state index in [4.69, 9.17) is 4.98 Å². The molecule has 1 amide bonds. The monoisotopic (exact) mass is 461 g/mol. The minimum Gasteiger partial charge on any atom is -0.353 e. The molecule has 11 heteroatoms. The van der Waals surface area contributed by atoms with Crippen LogP contribution in [0, 0.1) is 10.1 Å². The predicted octanol–water partition coefficient (Wildman–Crippen LogP) is 3.19. The lowest BCUT2D eigenvalue weighted by atomic mass is 10.2. The third kappa shape index (κ3) is 4.48. The van der Waals surface area contributed by atoms with E-state index in [-0.39, 0.29) is 11.6 Å². The lowest BCUT2D eigenvalue weighted by molar-refractivity contribution is -0.384. The molecule has 0 aliphatic carbocycles. The maximum Gasteiger partial charge on any atom is 0.269 e. The first kappa shape index (κ1) is 20.9. The van der Waals surface area contributed by atoms with Crippen molar-refractivity contribution in [3.63, 3.8) is 0 Å². The van der Waals surface area contributed by atoms with Crippen molar-refractivity contribution in [2.45, 2.75) is 5.03 Å². The highest BCUT2D eigenvalue weighted by molar-refractivity contribution is 8.04. The number of aromatic nitrogens is 3. The Morgan fingerprint density at radius 3 is 2.48 bits per heavy atom. The average Bonchev–Trinajstić information content (AvgIpc) is 2.85. The molecule has 3 aromatic rings. The van der Waals surface area contributed by atoms with Crippen molar-refractivity contribution in [3.05, 3.63) is 75.4 Å². The normalized spacial score (nSPS) is 17.0. The fourth-order valence-corrected chi connectivity index (χ4v) is 4.51. The van der Waals surface area contributed by atoms with Crippen LogP contribution in [0.3, 0.4) is 0 Å². The van der Waals surface area contributed by atoms with Crippen LogP contribution in [-0.4, -0.2) is 52.0 Å². The molecule has 0 bridgehead atoms. The Labute approximate surface area is 193 Å². The second-order valence-corrected chi connectivity index (χ2v) is 8.49. The molecule has 2 aliphatic heterocycles. The van der Waals surface area contributed by atoms with E-state index in [9.17, 15) is 14.9 Å². The van der Waals surface area contributed by atoms with E-state index in [0.717, 1.165) is 32.0 Å². The molecule has 1 N–H and O–H groups in total. The number of nitro benzene ring substituents is 1. The lowest BCUT2D eigenvalue weighted by Crippen LogP contribution is -2.47. The fourth-order valence-electron chi connectivity index (χ4n) is 3.62. The number of nitrogens with one attached hydrogen (secondary N) is 1. The number of non-ortho nitro benzene ring substituents is 1. The Bertz CT molecular complexity index is 1230. The van der Waals surface area contributed by atoms with Crippen LogP contribution in [0.5, 0.6) is 0 Å². The van der Waals surface area contributed by atoms with Gasteiger partial charge in [0.25, 0.3) is 11.6 Å². The summed E-state index contributed by atoms with van der Waals surface area (Å²) in [5.74, 6) is 1.32. The topological polar surface area (TPSA) is 117 Å². The van der Waals surface area contributed by atoms with Crippen LogP contribution in [0.4, 0.5) is 23.1 Å². The van der Waals surface area contributed by atoms with Gasteiger partial charge in [-0.3, -0.25) is 14.9 Å². The van der Waals surface area contributed by atoms with Crippen LogP contribution in [0.1, 0.15) is 5.56 Å². The summed E-state index contributed by atoms with van der Waals surface area (Å²) in [6, 6.07) is 11.9. The number of benzene rings is 1. The van der Waals surface area contributed by atoms with E-state index in [1.165, 1.54) is 23.9 Å². The van der Waals surface area contributed by atoms with Gasteiger partial charge < -0.3 is 15.1 Å². The Morgan fingerprint density at radius 2 is 1.79 bits per heavy atom. The number of amides is 1. The molecule has 0 unspecified atom stereocenters. The summed E-state index contributed by atoms with van der Waals surface area (Å²) in [5.41, 5.74) is 1.27. The molecule has 1 aromatic carbocycles. The van der Waals surface area contributed by atoms with Gasteiger partial charge in [0.05, 0.1) is 21.7 Å². The Morgan fingerprint density at radius 1 is 1.03 bits per heavy atom. The van der Waals surface area contributed by atoms with E-state index >= 15 is 0 Å². The number of pyridine rings is 1. The summed E-state index contributed by atoms with van der Waals surface area (Å²) in [6.45, 7) is 3.15. The largest absolute Gasteiger partial charge is 0.353 e. The summed E-state index contributed by atoms with van der Waals surface area (Å²) in [7, 11) is 0. The van der Waals surface area contributed by atoms with Crippen molar-refractivity contribution in [2.75, 3.05) is 41.3 Å². The molecule has 2 aliphatic rings. The zero-order chi connectivity index (χ0) is 22.8. The van der Waals surface area contributed by atoms with Gasteiger partial charge in [0.2, 0.25) is 5.95 Å². The highest BCUT2D eigenvalue weighted by atomic mass is 32.2. The zero-order valence-electron chi connectivity index (χ0n) is 17.4. The molecule has 2 aromatic heterocycles. The van der Waals surface area contributed by atoms with Crippen molar-refractivity contribution in [1.82, 2.24) is 15.0 Å². The van der Waals surface area contributed by atoms with Crippen LogP contribution in [-0.2, 0) is 4.79 Å². The van der Waals surface area contributed by atoms with Crippen molar-refractivity contribution in [2.24, 2.45) is 0 Å². The first-order valence-electron chi connectivity index (χ1n) is 10.3. The Kier molecular flexibility index (Phi) is 5.61. The van der Waals surface area contributed by atoms with Gasteiger partial charge in [-0.2, -0.15) is 0 Å². The van der Waals surface area contributed by atoms with E-state index in [2.05, 4.69) is 25.1 Å². The molecule has 4 heterocycles. The SMILES string of the molecule is O=C1Nc2cnc(N3CCN(c4ccccn4)CC3)nc2SC1=Cc1ccc([N+](=O)[O-])cc1. The maximum absolute atomic E-state index is 12.5. The highest BCUT2D eigenvalue weighted by Gasteiger charge is 2.26. The van der Waals surface area contributed by atoms with E-state index < -0.39 is 4.92 Å². The van der Waals surface area contributed by atoms with Gasteiger partial charge in [-0.25, -0.2) is 15.0 Å². The number of nitrogens with zero attached hydrogens (tertiary/aromatic N) is 6. The van der Waals surface area contributed by atoms with E-state index in [1.54, 1.807) is 30.6 Å². The average molecular weight is 462 g/mol. The van der Waals surface area contributed by atoms with E-state index in [1.807, 2.05) is 18.2 Å². The highest BCUT2D eigenvalue weighted by Crippen LogP contribution is 2.38. The molecule has 5 rings (SSSR count). The molecule has 166 valence electrons. The molecular weight excluding hydrogens is 442 g/mol. The number of thioether (sulfide) groups is 1. The fraction of sp³-hybridized carbons (Fsp3) is 0.182. The summed E-state index contributed by atoms with van der Waals surface area (Å²) in [6.07, 6.45) is 5.12. The number of piperazine rings is 1. The number of anilines is 3. The third-order valence-electron chi connectivity index (χ3n) is 5.36. The van der Waals surface area contributed by atoms with Gasteiger partial charge >= 0.3 is 0 Å². The number of rotatable bonds is 4. The number of hydrogen-bond acceptors (Lipinski definition) is 9. The first-order chi connectivity index (χ1) is 16.1. The number of carbonyl (C=O) groups excluding carboxylic acids is 1. The van der Waals surface area contributed by atoms with Gasteiger partial charge in [-0.15, -0.1) is 0 Å². The lowest BCUT2D eigenvalue weighted by Gasteiger charge is -2.35. The van der Waals surface area contributed by atoms with Crippen molar-refractivity contribution in [1.29, 1.82) is 0 Å². The summed E-state index contributed by atoms with van der Waals surface area (Å²) < 4.78 is 0. The molecular formula is C22H19N7O3S. The number of nitro groups is 1. The quantitative estimate of drug-likeness (QED) is 0.270. The molecule has 1 fully saturated rings. The predicted molar refractivity (Wildman–Crippen MR) is 126 cm³/mol. The van der Waals surface area contributed by atoms with Crippen LogP contribution >= 0.6 is 11.8 Å². The second kappa shape index (κ2) is 8.87. The number of fused-ring (bicyclic) bond motifs is 1. The summed E-state index contributed by atoms with van der Waals surface area (Å²) in [5, 5.41) is 14.3. The number of hydrogen-bond donors (Lipinski definition) is 1. The van der Waals surface area contributed by atoms with Crippen LogP contribution in [0.2, 0.25) is 0 Å². The maximum atomic E-state index is 12.5. The molecule has 0 atom stereocenters. The molecule has 33 heavy (non-hydrogen) atoms. The van der Waals surface area contributed by atoms with Gasteiger partial charge in [0.1, 0.15) is 10.8 Å². The van der Waals surface area contributed by atoms with Gasteiger partial charge in [0, 0.05) is 44.5 Å². The Balaban J connectivity index is 1.31. The summed E-state index contributed by atoms with van der Waals surface area (Å²) in [4.78, 5) is 41.3. The molecule has 0 radical (unpaired) electrons. The van der Waals surface area contributed by atoms with Crippen molar-refractivity contribution < 1.29 is 9.72 Å². The van der Waals surface area contributed by atoms with Crippen LogP contribution in [0.25, 0.3) is 6.08 Å². The molecule has 1 saturated heterocycles. The van der Waals surface area contributed by atoms with Gasteiger partial charge in [0.15, 0.2) is 0 Å². The molecule has 0 spiro atoms. The van der Waals surface area contributed by atoms with E-state index in [0.29, 0.717) is 27.1 Å².